The van der Waals surface area contributed by atoms with E-state index in [2.05, 4.69) is 25.2 Å². The van der Waals surface area contributed by atoms with E-state index in [1.165, 1.54) is 0 Å². The minimum absolute atomic E-state index is 0.127. The molecule has 0 bridgehead atoms. The molecule has 0 aliphatic carbocycles. The second-order valence-electron chi connectivity index (χ2n) is 9.27. The number of methoxy groups -OCH3 is 1. The summed E-state index contributed by atoms with van der Waals surface area (Å²) in [7, 11) is 1.55. The highest BCUT2D eigenvalue weighted by molar-refractivity contribution is 6.32. The third kappa shape index (κ3) is 6.35. The van der Waals surface area contributed by atoms with Crippen LogP contribution in [0.1, 0.15) is 22.3 Å². The highest BCUT2D eigenvalue weighted by Gasteiger charge is 2.32. The third-order valence-corrected chi connectivity index (χ3v) is 7.16. The Morgan fingerprint density at radius 3 is 2.70 bits per heavy atom. The van der Waals surface area contributed by atoms with E-state index in [1.807, 2.05) is 12.1 Å². The number of ether oxygens (including phenoxy) is 1. The van der Waals surface area contributed by atoms with E-state index in [-0.39, 0.29) is 24.3 Å². The summed E-state index contributed by atoms with van der Waals surface area (Å²) in [6.07, 6.45) is 8.42. The van der Waals surface area contributed by atoms with Crippen LogP contribution < -0.4 is 15.0 Å². The number of imidazole rings is 1. The predicted molar refractivity (Wildman–Crippen MR) is 152 cm³/mol. The molecule has 1 saturated heterocycles. The molecule has 1 aromatic carbocycles. The fourth-order valence-electron chi connectivity index (χ4n) is 4.70. The first-order valence-corrected chi connectivity index (χ1v) is 13.4. The second-order valence-corrected chi connectivity index (χ2v) is 10.1. The van der Waals surface area contributed by atoms with Gasteiger partial charge in [-0.1, -0.05) is 29.3 Å². The molecule has 40 heavy (non-hydrogen) atoms. The van der Waals surface area contributed by atoms with Gasteiger partial charge in [0.2, 0.25) is 5.91 Å². The number of nitrogens with one attached hydrogen (secondary N) is 1. The van der Waals surface area contributed by atoms with Crippen molar-refractivity contribution in [1.82, 2.24) is 29.7 Å². The van der Waals surface area contributed by atoms with Crippen molar-refractivity contribution in [3.63, 3.8) is 0 Å². The maximum Gasteiger partial charge on any atom is 0.255 e. The first-order valence-electron chi connectivity index (χ1n) is 12.6. The van der Waals surface area contributed by atoms with Gasteiger partial charge < -0.3 is 19.9 Å². The quantitative estimate of drug-likeness (QED) is 0.314. The number of anilines is 1. The Hall–Kier alpha value is -4.15. The number of pyridine rings is 2. The minimum atomic E-state index is -0.317. The number of carbonyl (C=O) groups excluding carboxylic acids is 2. The molecule has 10 nitrogen and oxygen atoms in total. The Morgan fingerprint density at radius 2 is 1.98 bits per heavy atom. The fraction of sp³-hybridized carbons (Fsp3) is 0.250. The van der Waals surface area contributed by atoms with Gasteiger partial charge >= 0.3 is 0 Å². The van der Waals surface area contributed by atoms with Crippen molar-refractivity contribution >= 4 is 40.7 Å². The van der Waals surface area contributed by atoms with Gasteiger partial charge in [0.25, 0.3) is 5.91 Å². The van der Waals surface area contributed by atoms with Gasteiger partial charge in [0.1, 0.15) is 23.0 Å². The average Bonchev–Trinajstić information content (AvgIpc) is 3.51. The smallest absolute Gasteiger partial charge is 0.255 e. The van der Waals surface area contributed by atoms with E-state index < -0.39 is 0 Å². The van der Waals surface area contributed by atoms with Gasteiger partial charge in [-0.05, 0) is 35.9 Å². The van der Waals surface area contributed by atoms with Gasteiger partial charge in [-0.15, -0.1) is 0 Å². The van der Waals surface area contributed by atoms with Crippen LogP contribution in [0.4, 0.5) is 5.69 Å². The molecule has 12 heteroatoms. The fourth-order valence-corrected chi connectivity index (χ4v) is 5.17. The first-order chi connectivity index (χ1) is 19.4. The lowest BCUT2D eigenvalue weighted by Gasteiger charge is -2.42. The van der Waals surface area contributed by atoms with Crippen molar-refractivity contribution in [3.05, 3.63) is 94.9 Å². The van der Waals surface area contributed by atoms with Crippen molar-refractivity contribution in [3.8, 4) is 11.6 Å². The molecule has 4 heterocycles. The molecule has 5 rings (SSSR count). The van der Waals surface area contributed by atoms with Gasteiger partial charge in [0.15, 0.2) is 0 Å². The molecule has 0 spiro atoms. The van der Waals surface area contributed by atoms with E-state index in [0.717, 1.165) is 11.3 Å². The van der Waals surface area contributed by atoms with Crippen LogP contribution in [0.3, 0.4) is 0 Å². The molecule has 0 radical (unpaired) electrons. The standard InChI is InChI=1S/C28H27Cl2N7O3/c1-40-24-5-4-19(11-23(24)29)15-33-27(38)14-22-17-35(28(39)20-3-2-6-31-16-20)9-10-37(22)21-12-25(30)34-26(13-21)36-8-7-32-18-36/h2-8,11-13,16,18,22H,9-10,14-15,17H2,1H3,(H,33,38). The molecule has 206 valence electrons. The normalized spacial score (nSPS) is 15.1. The summed E-state index contributed by atoms with van der Waals surface area (Å²) in [5.74, 6) is 0.887. The van der Waals surface area contributed by atoms with Crippen LogP contribution in [-0.2, 0) is 11.3 Å². The largest absolute Gasteiger partial charge is 0.495 e. The number of amides is 2. The van der Waals surface area contributed by atoms with Crippen molar-refractivity contribution in [2.45, 2.75) is 19.0 Å². The van der Waals surface area contributed by atoms with E-state index in [1.54, 1.807) is 78.0 Å². The van der Waals surface area contributed by atoms with E-state index in [4.69, 9.17) is 27.9 Å². The van der Waals surface area contributed by atoms with E-state index in [9.17, 15) is 9.59 Å². The molecule has 4 aromatic rings. The SMILES string of the molecule is COc1ccc(CNC(=O)CC2CN(C(=O)c3cccnc3)CCN2c2cc(Cl)nc(-n3ccnc3)c2)cc1Cl. The van der Waals surface area contributed by atoms with Gasteiger partial charge in [0.05, 0.1) is 23.7 Å². The van der Waals surface area contributed by atoms with Crippen LogP contribution in [-0.4, -0.2) is 69.0 Å². The second kappa shape index (κ2) is 12.4. The van der Waals surface area contributed by atoms with Crippen LogP contribution >= 0.6 is 23.2 Å². The van der Waals surface area contributed by atoms with Crippen molar-refractivity contribution < 1.29 is 14.3 Å². The number of hydrogen-bond donors (Lipinski definition) is 1. The lowest BCUT2D eigenvalue weighted by molar-refractivity contribution is -0.121. The van der Waals surface area contributed by atoms with Crippen LogP contribution in [0.25, 0.3) is 5.82 Å². The maximum absolute atomic E-state index is 13.2. The number of carbonyl (C=O) groups is 2. The number of benzene rings is 1. The molecule has 3 aromatic heterocycles. The molecule has 1 N–H and O–H groups in total. The summed E-state index contributed by atoms with van der Waals surface area (Å²) in [5.41, 5.74) is 2.15. The monoisotopic (exact) mass is 579 g/mol. The van der Waals surface area contributed by atoms with Crippen LogP contribution in [0.2, 0.25) is 10.2 Å². The van der Waals surface area contributed by atoms with Crippen molar-refractivity contribution in [1.29, 1.82) is 0 Å². The molecule has 1 unspecified atom stereocenters. The highest BCUT2D eigenvalue weighted by Crippen LogP contribution is 2.28. The van der Waals surface area contributed by atoms with Crippen LogP contribution in [0.5, 0.6) is 5.75 Å². The zero-order valence-electron chi connectivity index (χ0n) is 21.7. The Morgan fingerprint density at radius 1 is 1.10 bits per heavy atom. The van der Waals surface area contributed by atoms with Gasteiger partial charge in [-0.3, -0.25) is 19.1 Å². The Balaban J connectivity index is 1.36. The molecular formula is C28H27Cl2N7O3. The molecular weight excluding hydrogens is 553 g/mol. The third-order valence-electron chi connectivity index (χ3n) is 6.67. The number of aromatic nitrogens is 4. The number of halogens is 2. The number of rotatable bonds is 8. The number of piperazine rings is 1. The molecule has 1 aliphatic rings. The number of hydrogen-bond acceptors (Lipinski definition) is 7. The zero-order valence-corrected chi connectivity index (χ0v) is 23.2. The lowest BCUT2D eigenvalue weighted by Crippen LogP contribution is -2.56. The Kier molecular flexibility index (Phi) is 8.47. The Bertz CT molecular complexity index is 1480. The van der Waals surface area contributed by atoms with Crippen LogP contribution in [0, 0.1) is 0 Å². The molecule has 1 atom stereocenters. The number of nitrogens with zero attached hydrogens (tertiary/aromatic N) is 6. The molecule has 1 aliphatic heterocycles. The molecule has 1 fully saturated rings. The summed E-state index contributed by atoms with van der Waals surface area (Å²) >= 11 is 12.6. The maximum atomic E-state index is 13.2. The Labute approximate surface area is 241 Å². The molecule has 0 saturated carbocycles. The van der Waals surface area contributed by atoms with Gasteiger partial charge in [-0.25, -0.2) is 9.97 Å². The van der Waals surface area contributed by atoms with Crippen molar-refractivity contribution in [2.75, 3.05) is 31.6 Å². The summed E-state index contributed by atoms with van der Waals surface area (Å²) < 4.78 is 6.97. The lowest BCUT2D eigenvalue weighted by atomic mass is 10.1. The predicted octanol–water partition coefficient (Wildman–Crippen LogP) is 4.02. The summed E-state index contributed by atoms with van der Waals surface area (Å²) in [6.45, 7) is 1.62. The molecule has 2 amide bonds. The first kappa shape index (κ1) is 27.4. The van der Waals surface area contributed by atoms with Gasteiger partial charge in [-0.2, -0.15) is 0 Å². The summed E-state index contributed by atoms with van der Waals surface area (Å²) in [5, 5.41) is 3.76. The average molecular weight is 580 g/mol. The zero-order chi connectivity index (χ0) is 28.1. The summed E-state index contributed by atoms with van der Waals surface area (Å²) in [6, 6.07) is 12.2. The summed E-state index contributed by atoms with van der Waals surface area (Å²) in [4.78, 5) is 42.9. The van der Waals surface area contributed by atoms with Crippen molar-refractivity contribution in [2.24, 2.45) is 0 Å². The highest BCUT2D eigenvalue weighted by atomic mass is 35.5. The topological polar surface area (TPSA) is 105 Å². The minimum Gasteiger partial charge on any atom is -0.495 e. The van der Waals surface area contributed by atoms with Crippen LogP contribution in [0.15, 0.2) is 73.6 Å². The van der Waals surface area contributed by atoms with Gasteiger partial charge in [0, 0.05) is 69.1 Å². The van der Waals surface area contributed by atoms with E-state index >= 15 is 0 Å². The van der Waals surface area contributed by atoms with E-state index in [0.29, 0.717) is 53.5 Å².